The number of ether oxygens (including phenoxy) is 1. The van der Waals surface area contributed by atoms with Crippen molar-refractivity contribution in [1.82, 2.24) is 9.97 Å². The summed E-state index contributed by atoms with van der Waals surface area (Å²) in [4.78, 5) is 20.6. The van der Waals surface area contributed by atoms with Crippen LogP contribution in [0, 0.1) is 5.82 Å². The number of carbonyl (C=O) groups excluding carboxylic acids is 1. The largest absolute Gasteiger partial charge is 0.458 e. The van der Waals surface area contributed by atoms with Crippen LogP contribution in [-0.4, -0.2) is 15.9 Å². The molecule has 0 fully saturated rings. The molecular formula is C22H15FN2O2. The van der Waals surface area contributed by atoms with Gasteiger partial charge in [-0.25, -0.2) is 9.18 Å². The van der Waals surface area contributed by atoms with Gasteiger partial charge in [-0.3, -0.25) is 9.97 Å². The van der Waals surface area contributed by atoms with Gasteiger partial charge in [-0.2, -0.15) is 0 Å². The van der Waals surface area contributed by atoms with Crippen LogP contribution in [-0.2, 0) is 16.1 Å². The van der Waals surface area contributed by atoms with Crippen LogP contribution in [0.2, 0.25) is 0 Å². The zero-order valence-electron chi connectivity index (χ0n) is 14.3. The topological polar surface area (TPSA) is 52.1 Å². The van der Waals surface area contributed by atoms with E-state index in [0.717, 1.165) is 16.5 Å². The third-order valence-electron chi connectivity index (χ3n) is 4.23. The van der Waals surface area contributed by atoms with Crippen molar-refractivity contribution in [3.63, 3.8) is 0 Å². The summed E-state index contributed by atoms with van der Waals surface area (Å²) in [6, 6.07) is 15.8. The fourth-order valence-electron chi connectivity index (χ4n) is 2.93. The molecule has 2 heterocycles. The number of esters is 1. The molecule has 0 atom stereocenters. The smallest absolute Gasteiger partial charge is 0.331 e. The van der Waals surface area contributed by atoms with Crippen molar-refractivity contribution in [3.8, 4) is 0 Å². The lowest BCUT2D eigenvalue weighted by atomic mass is 10.1. The average molecular weight is 358 g/mol. The Labute approximate surface area is 155 Å². The molecular weight excluding hydrogens is 343 g/mol. The quantitative estimate of drug-likeness (QED) is 0.393. The minimum Gasteiger partial charge on any atom is -0.458 e. The Bertz CT molecular complexity index is 1170. The molecule has 0 aliphatic carbocycles. The van der Waals surface area contributed by atoms with Gasteiger partial charge >= 0.3 is 5.97 Å². The van der Waals surface area contributed by atoms with Gasteiger partial charge in [0.25, 0.3) is 0 Å². The minimum atomic E-state index is -0.489. The van der Waals surface area contributed by atoms with E-state index in [9.17, 15) is 9.18 Å². The van der Waals surface area contributed by atoms with Crippen LogP contribution in [0.5, 0.6) is 0 Å². The number of hydrogen-bond donors (Lipinski definition) is 0. The number of carbonyl (C=O) groups is 1. The summed E-state index contributed by atoms with van der Waals surface area (Å²) in [6.45, 7) is 0.0186. The number of fused-ring (bicyclic) bond motifs is 2. The van der Waals surface area contributed by atoms with E-state index in [0.29, 0.717) is 16.5 Å². The van der Waals surface area contributed by atoms with Gasteiger partial charge in [0.05, 0.1) is 11.0 Å². The summed E-state index contributed by atoms with van der Waals surface area (Å²) >= 11 is 0. The molecule has 4 aromatic rings. The lowest BCUT2D eigenvalue weighted by Gasteiger charge is -2.07. The van der Waals surface area contributed by atoms with Crippen molar-refractivity contribution >= 4 is 33.9 Å². The normalized spacial score (nSPS) is 11.3. The Morgan fingerprint density at radius 1 is 0.963 bits per heavy atom. The van der Waals surface area contributed by atoms with E-state index < -0.39 is 5.97 Å². The number of pyridine rings is 2. The van der Waals surface area contributed by atoms with E-state index in [1.54, 1.807) is 36.7 Å². The maximum absolute atomic E-state index is 13.8. The van der Waals surface area contributed by atoms with Crippen molar-refractivity contribution in [2.45, 2.75) is 6.61 Å². The van der Waals surface area contributed by atoms with Crippen LogP contribution in [0.3, 0.4) is 0 Å². The molecule has 0 bridgehead atoms. The number of aromatic nitrogens is 2. The SMILES string of the molecule is O=C(C=Cc1cccc2cccnc12)OCc1ccc(F)c2cccnc12. The first-order chi connectivity index (χ1) is 13.2. The Hall–Kier alpha value is -3.60. The number of hydrogen-bond acceptors (Lipinski definition) is 4. The summed E-state index contributed by atoms with van der Waals surface area (Å²) in [6.07, 6.45) is 6.34. The molecule has 0 saturated heterocycles. The molecule has 4 nitrogen and oxygen atoms in total. The summed E-state index contributed by atoms with van der Waals surface area (Å²) in [5.41, 5.74) is 2.80. The third-order valence-corrected chi connectivity index (χ3v) is 4.23. The highest BCUT2D eigenvalue weighted by Gasteiger charge is 2.08. The molecule has 0 aliphatic rings. The Morgan fingerprint density at radius 2 is 1.74 bits per heavy atom. The molecule has 0 amide bonds. The van der Waals surface area contributed by atoms with Gasteiger partial charge in [-0.15, -0.1) is 0 Å². The average Bonchev–Trinajstić information content (AvgIpc) is 2.72. The van der Waals surface area contributed by atoms with Crippen LogP contribution < -0.4 is 0 Å². The maximum Gasteiger partial charge on any atom is 0.331 e. The summed E-state index contributed by atoms with van der Waals surface area (Å²) in [7, 11) is 0. The van der Waals surface area contributed by atoms with Crippen molar-refractivity contribution in [1.29, 1.82) is 0 Å². The van der Waals surface area contributed by atoms with E-state index in [-0.39, 0.29) is 12.4 Å². The number of halogens is 1. The van der Waals surface area contributed by atoms with Gasteiger partial charge < -0.3 is 4.74 Å². The van der Waals surface area contributed by atoms with Crippen LogP contribution in [0.1, 0.15) is 11.1 Å². The second kappa shape index (κ2) is 7.33. The molecule has 0 N–H and O–H groups in total. The first kappa shape index (κ1) is 16.8. The molecule has 2 aromatic heterocycles. The monoisotopic (exact) mass is 358 g/mol. The Kier molecular flexibility index (Phi) is 4.58. The number of nitrogens with zero attached hydrogens (tertiary/aromatic N) is 2. The molecule has 27 heavy (non-hydrogen) atoms. The number of benzene rings is 2. The third kappa shape index (κ3) is 3.53. The summed E-state index contributed by atoms with van der Waals surface area (Å²) in [5, 5.41) is 1.40. The molecule has 132 valence electrons. The lowest BCUT2D eigenvalue weighted by molar-refractivity contribution is -0.138. The highest BCUT2D eigenvalue weighted by molar-refractivity contribution is 5.93. The van der Waals surface area contributed by atoms with Crippen LogP contribution in [0.4, 0.5) is 4.39 Å². The Balaban J connectivity index is 1.50. The lowest BCUT2D eigenvalue weighted by Crippen LogP contribution is -2.02. The molecule has 2 aromatic carbocycles. The fourth-order valence-corrected chi connectivity index (χ4v) is 2.93. The van der Waals surface area contributed by atoms with Crippen molar-refractivity contribution in [2.75, 3.05) is 0 Å². The van der Waals surface area contributed by atoms with Gasteiger partial charge in [0.15, 0.2) is 0 Å². The van der Waals surface area contributed by atoms with Crippen molar-refractivity contribution in [3.05, 3.63) is 90.0 Å². The molecule has 0 spiro atoms. The molecule has 5 heteroatoms. The van der Waals surface area contributed by atoms with Gasteiger partial charge in [0, 0.05) is 40.4 Å². The van der Waals surface area contributed by atoms with Gasteiger partial charge in [0.1, 0.15) is 12.4 Å². The van der Waals surface area contributed by atoms with E-state index in [1.807, 2.05) is 30.3 Å². The highest BCUT2D eigenvalue weighted by atomic mass is 19.1. The number of rotatable bonds is 4. The standard InChI is InChI=1S/C22H15FN2O2/c23-19-10-8-17(22-18(19)7-3-13-25-22)14-27-20(26)11-9-16-5-1-4-15-6-2-12-24-21(15)16/h1-13H,14H2. The predicted molar refractivity (Wildman–Crippen MR) is 102 cm³/mol. The minimum absolute atomic E-state index is 0.0186. The van der Waals surface area contributed by atoms with Crippen molar-refractivity contribution in [2.24, 2.45) is 0 Å². The predicted octanol–water partition coefficient (Wildman–Crippen LogP) is 4.68. The van der Waals surface area contributed by atoms with Gasteiger partial charge in [0.2, 0.25) is 0 Å². The van der Waals surface area contributed by atoms with Crippen LogP contribution in [0.25, 0.3) is 27.9 Å². The second-order valence-electron chi connectivity index (χ2n) is 5.97. The molecule has 0 unspecified atom stereocenters. The van der Waals surface area contributed by atoms with Crippen LogP contribution >= 0.6 is 0 Å². The summed E-state index contributed by atoms with van der Waals surface area (Å²) in [5.74, 6) is -0.840. The fraction of sp³-hybridized carbons (Fsp3) is 0.0455. The van der Waals surface area contributed by atoms with E-state index in [2.05, 4.69) is 9.97 Å². The zero-order valence-corrected chi connectivity index (χ0v) is 14.3. The maximum atomic E-state index is 13.8. The number of para-hydroxylation sites is 1. The van der Waals surface area contributed by atoms with Crippen LogP contribution in [0.15, 0.2) is 73.1 Å². The first-order valence-corrected chi connectivity index (χ1v) is 8.43. The van der Waals surface area contributed by atoms with Gasteiger partial charge in [-0.05, 0) is 30.3 Å². The summed E-state index contributed by atoms with van der Waals surface area (Å²) < 4.78 is 19.1. The molecule has 0 saturated carbocycles. The van der Waals surface area contributed by atoms with E-state index >= 15 is 0 Å². The Morgan fingerprint density at radius 3 is 2.63 bits per heavy atom. The van der Waals surface area contributed by atoms with E-state index in [1.165, 1.54) is 12.1 Å². The molecule has 0 aliphatic heterocycles. The first-order valence-electron chi connectivity index (χ1n) is 8.43. The molecule has 0 radical (unpaired) electrons. The van der Waals surface area contributed by atoms with E-state index in [4.69, 9.17) is 4.74 Å². The second-order valence-corrected chi connectivity index (χ2v) is 5.97. The van der Waals surface area contributed by atoms with Gasteiger partial charge in [-0.1, -0.05) is 30.3 Å². The van der Waals surface area contributed by atoms with Crippen molar-refractivity contribution < 1.29 is 13.9 Å². The molecule has 4 rings (SSSR count). The zero-order chi connectivity index (χ0) is 18.6. The highest BCUT2D eigenvalue weighted by Crippen LogP contribution is 2.21.